The number of hydrogen-bond acceptors (Lipinski definition) is 8. The molecule has 11 heteroatoms. The highest BCUT2D eigenvalue weighted by atomic mass is 19.3. The number of amides is 1. The van der Waals surface area contributed by atoms with E-state index < -0.39 is 5.92 Å². The van der Waals surface area contributed by atoms with Crippen molar-refractivity contribution in [1.82, 2.24) is 19.8 Å². The fraction of sp³-hybridized carbons (Fsp3) is 0.452. The molecule has 0 atom stereocenters. The first-order valence-corrected chi connectivity index (χ1v) is 14.6. The average Bonchev–Trinajstić information content (AvgIpc) is 3.00. The van der Waals surface area contributed by atoms with Gasteiger partial charge in [0.1, 0.15) is 18.2 Å². The molecule has 3 aliphatic rings. The molecule has 0 bridgehead atoms. The maximum absolute atomic E-state index is 13.6. The summed E-state index contributed by atoms with van der Waals surface area (Å²) in [7, 11) is 0. The Kier molecular flexibility index (Phi) is 7.85. The number of nitrogens with zero attached hydrogens (tertiary/aromatic N) is 6. The average molecular weight is 579 g/mol. The molecule has 3 aromatic rings. The molecule has 0 radical (unpaired) electrons. The van der Waals surface area contributed by atoms with Gasteiger partial charge in [-0.15, -0.1) is 0 Å². The van der Waals surface area contributed by atoms with E-state index in [-0.39, 0.29) is 30.5 Å². The number of anilines is 2. The SMILES string of the molecule is C=CC(=O)N1CCN(c2nc(OCCN3CCC(F)(F)CC3)nc3c2CCN(c2cc(O)cc4ccccc24)C3)CC1. The number of halogens is 2. The van der Waals surface area contributed by atoms with Crippen LogP contribution in [0.5, 0.6) is 11.8 Å². The van der Waals surface area contributed by atoms with Crippen LogP contribution in [0.4, 0.5) is 20.3 Å². The number of aromatic nitrogens is 2. The molecule has 0 spiro atoms. The number of carbonyl (C=O) groups excluding carboxylic acids is 1. The topological polar surface area (TPSA) is 85.3 Å². The van der Waals surface area contributed by atoms with E-state index in [1.54, 1.807) is 17.0 Å². The third kappa shape index (κ3) is 5.97. The number of likely N-dealkylation sites (tertiary alicyclic amines) is 1. The first kappa shape index (κ1) is 28.1. The molecule has 1 N–H and O–H groups in total. The molecule has 2 fully saturated rings. The van der Waals surface area contributed by atoms with Crippen LogP contribution in [0.1, 0.15) is 24.1 Å². The van der Waals surface area contributed by atoms with Crippen molar-refractivity contribution >= 4 is 28.2 Å². The number of carbonyl (C=O) groups is 1. The largest absolute Gasteiger partial charge is 0.508 e. The second-order valence-corrected chi connectivity index (χ2v) is 11.2. The standard InChI is InChI=1S/C31H36F2N6O3/c1-2-28(41)37-13-15-38(16-14-37)29-25-7-10-39(27-20-23(40)19-22-5-3-4-6-24(22)27)21-26(25)34-30(35-29)42-18-17-36-11-8-31(32,33)9-12-36/h2-6,19-20,40H,1,7-18,21H2. The second-order valence-electron chi connectivity index (χ2n) is 11.2. The Morgan fingerprint density at radius 3 is 2.55 bits per heavy atom. The van der Waals surface area contributed by atoms with Gasteiger partial charge in [0.05, 0.1) is 12.2 Å². The number of fused-ring (bicyclic) bond motifs is 2. The van der Waals surface area contributed by atoms with Gasteiger partial charge in [-0.25, -0.2) is 8.78 Å². The summed E-state index contributed by atoms with van der Waals surface area (Å²) in [4.78, 5) is 30.0. The maximum Gasteiger partial charge on any atom is 0.318 e. The summed E-state index contributed by atoms with van der Waals surface area (Å²) in [5.74, 6) is -1.63. The predicted molar refractivity (Wildman–Crippen MR) is 158 cm³/mol. The molecule has 1 amide bonds. The number of benzene rings is 2. The molecule has 0 saturated carbocycles. The molecule has 0 unspecified atom stereocenters. The number of piperazine rings is 1. The van der Waals surface area contributed by atoms with Crippen molar-refractivity contribution in [1.29, 1.82) is 0 Å². The molecule has 222 valence electrons. The second kappa shape index (κ2) is 11.7. The summed E-state index contributed by atoms with van der Waals surface area (Å²) in [6.45, 7) is 8.75. The van der Waals surface area contributed by atoms with E-state index in [2.05, 4.69) is 22.4 Å². The van der Waals surface area contributed by atoms with E-state index in [4.69, 9.17) is 14.7 Å². The lowest BCUT2D eigenvalue weighted by Crippen LogP contribution is -2.49. The lowest BCUT2D eigenvalue weighted by atomic mass is 10.0. The lowest BCUT2D eigenvalue weighted by Gasteiger charge is -2.38. The summed E-state index contributed by atoms with van der Waals surface area (Å²) < 4.78 is 33.2. The summed E-state index contributed by atoms with van der Waals surface area (Å²) in [6, 6.07) is 11.8. The molecular weight excluding hydrogens is 542 g/mol. The van der Waals surface area contributed by atoms with Gasteiger partial charge in [0.25, 0.3) is 5.92 Å². The van der Waals surface area contributed by atoms with Crippen molar-refractivity contribution in [3.05, 3.63) is 60.3 Å². The Bertz CT molecular complexity index is 1470. The molecule has 2 saturated heterocycles. The Labute approximate surface area is 244 Å². The van der Waals surface area contributed by atoms with E-state index in [1.165, 1.54) is 6.08 Å². The zero-order chi connectivity index (χ0) is 29.3. The normalized spacial score (nSPS) is 19.0. The highest BCUT2D eigenvalue weighted by Gasteiger charge is 2.34. The zero-order valence-corrected chi connectivity index (χ0v) is 23.6. The summed E-state index contributed by atoms with van der Waals surface area (Å²) >= 11 is 0. The first-order valence-electron chi connectivity index (χ1n) is 14.6. The first-order chi connectivity index (χ1) is 20.3. The van der Waals surface area contributed by atoms with Gasteiger partial charge in [0.2, 0.25) is 5.91 Å². The molecular formula is C31H36F2N6O3. The van der Waals surface area contributed by atoms with Crippen molar-refractivity contribution in [2.75, 3.05) is 68.8 Å². The number of aromatic hydroxyl groups is 1. The fourth-order valence-corrected chi connectivity index (χ4v) is 6.09. The minimum Gasteiger partial charge on any atom is -0.508 e. The van der Waals surface area contributed by atoms with Crippen LogP contribution in [0.25, 0.3) is 10.8 Å². The summed E-state index contributed by atoms with van der Waals surface area (Å²) in [5, 5.41) is 12.5. The van der Waals surface area contributed by atoms with Crippen LogP contribution in [0, 0.1) is 0 Å². The highest BCUT2D eigenvalue weighted by molar-refractivity contribution is 5.95. The minimum absolute atomic E-state index is 0.0761. The zero-order valence-electron chi connectivity index (χ0n) is 23.6. The Morgan fingerprint density at radius 2 is 1.79 bits per heavy atom. The monoisotopic (exact) mass is 578 g/mol. The van der Waals surface area contributed by atoms with Gasteiger partial charge >= 0.3 is 6.01 Å². The number of hydrogen-bond donors (Lipinski definition) is 1. The van der Waals surface area contributed by atoms with Crippen LogP contribution in [0.3, 0.4) is 0 Å². The molecule has 6 rings (SSSR count). The smallest absolute Gasteiger partial charge is 0.318 e. The third-order valence-corrected chi connectivity index (χ3v) is 8.48. The van der Waals surface area contributed by atoms with Gasteiger partial charge in [-0.3, -0.25) is 9.69 Å². The number of rotatable bonds is 7. The molecule has 9 nitrogen and oxygen atoms in total. The highest BCUT2D eigenvalue weighted by Crippen LogP contribution is 2.36. The number of phenols is 1. The molecule has 3 aliphatic heterocycles. The van der Waals surface area contributed by atoms with Gasteiger partial charge in [-0.1, -0.05) is 30.8 Å². The minimum atomic E-state index is -2.58. The van der Waals surface area contributed by atoms with Gasteiger partial charge in [0.15, 0.2) is 0 Å². The van der Waals surface area contributed by atoms with Crippen LogP contribution < -0.4 is 14.5 Å². The van der Waals surface area contributed by atoms with Crippen LogP contribution in [-0.2, 0) is 17.8 Å². The van der Waals surface area contributed by atoms with Crippen molar-refractivity contribution in [2.45, 2.75) is 31.7 Å². The molecule has 1 aromatic heterocycles. The van der Waals surface area contributed by atoms with E-state index in [0.717, 1.165) is 40.1 Å². The summed E-state index contributed by atoms with van der Waals surface area (Å²) in [5.41, 5.74) is 2.86. The number of ether oxygens (including phenoxy) is 1. The quantitative estimate of drug-likeness (QED) is 0.424. The van der Waals surface area contributed by atoms with Crippen molar-refractivity contribution < 1.29 is 23.4 Å². The molecule has 4 heterocycles. The van der Waals surface area contributed by atoms with Gasteiger partial charge in [-0.2, -0.15) is 9.97 Å². The Balaban J connectivity index is 1.25. The van der Waals surface area contributed by atoms with Crippen molar-refractivity contribution in [3.63, 3.8) is 0 Å². The van der Waals surface area contributed by atoms with E-state index in [9.17, 15) is 18.7 Å². The Morgan fingerprint density at radius 1 is 1.02 bits per heavy atom. The number of alkyl halides is 2. The van der Waals surface area contributed by atoms with Crippen LogP contribution >= 0.6 is 0 Å². The van der Waals surface area contributed by atoms with Gasteiger partial charge < -0.3 is 24.5 Å². The van der Waals surface area contributed by atoms with Crippen LogP contribution in [0.2, 0.25) is 0 Å². The Hall–Kier alpha value is -3.99. The molecule has 2 aromatic carbocycles. The predicted octanol–water partition coefficient (Wildman–Crippen LogP) is 3.84. The lowest BCUT2D eigenvalue weighted by molar-refractivity contribution is -0.126. The van der Waals surface area contributed by atoms with Crippen molar-refractivity contribution in [3.8, 4) is 11.8 Å². The van der Waals surface area contributed by atoms with E-state index in [0.29, 0.717) is 65.4 Å². The van der Waals surface area contributed by atoms with Crippen molar-refractivity contribution in [2.24, 2.45) is 0 Å². The third-order valence-electron chi connectivity index (χ3n) is 8.48. The van der Waals surface area contributed by atoms with Gasteiger partial charge in [0, 0.05) is 87.9 Å². The molecule has 42 heavy (non-hydrogen) atoms. The van der Waals surface area contributed by atoms with Gasteiger partial charge in [-0.05, 0) is 23.9 Å². The number of piperidine rings is 1. The molecule has 0 aliphatic carbocycles. The van der Waals surface area contributed by atoms with Crippen LogP contribution in [0.15, 0.2) is 49.1 Å². The fourth-order valence-electron chi connectivity index (χ4n) is 6.09. The van der Waals surface area contributed by atoms with E-state index >= 15 is 0 Å². The van der Waals surface area contributed by atoms with E-state index in [1.807, 2.05) is 23.1 Å². The summed E-state index contributed by atoms with van der Waals surface area (Å²) in [6.07, 6.45) is 1.79. The van der Waals surface area contributed by atoms with Crippen LogP contribution in [-0.4, -0.2) is 95.7 Å². The number of phenolic OH excluding ortho intramolecular Hbond substituents is 1. The maximum atomic E-state index is 13.6.